The third-order valence-corrected chi connectivity index (χ3v) is 2.31. The summed E-state index contributed by atoms with van der Waals surface area (Å²) in [6.45, 7) is 8.40. The van der Waals surface area contributed by atoms with Crippen LogP contribution in [0, 0.1) is 0 Å². The molecule has 4 heteroatoms. The average Bonchev–Trinajstić information content (AvgIpc) is 2.35. The van der Waals surface area contributed by atoms with E-state index in [-0.39, 0.29) is 5.54 Å². The molecule has 0 radical (unpaired) electrons. The van der Waals surface area contributed by atoms with Gasteiger partial charge in [-0.3, -0.25) is 0 Å². The van der Waals surface area contributed by atoms with Crippen LogP contribution in [-0.2, 0) is 4.74 Å². The number of hydrogen-bond acceptors (Lipinski definition) is 4. The Morgan fingerprint density at radius 3 is 2.11 bits per heavy atom. The standard InChI is InChI=1S/C15H25NO3/c1-4-18-13-6-8-14(9-7-13)19-11-5-10-17-12-15(2,3)16/h6-9H,4-5,10-12,16H2,1-3H3. The lowest BCUT2D eigenvalue weighted by molar-refractivity contribution is 0.0870. The number of nitrogens with two attached hydrogens (primary N) is 1. The summed E-state index contributed by atoms with van der Waals surface area (Å²) in [7, 11) is 0. The van der Waals surface area contributed by atoms with Gasteiger partial charge in [0.05, 0.1) is 19.8 Å². The van der Waals surface area contributed by atoms with Crippen LogP contribution in [0.5, 0.6) is 11.5 Å². The summed E-state index contributed by atoms with van der Waals surface area (Å²) in [5.41, 5.74) is 5.54. The van der Waals surface area contributed by atoms with E-state index in [1.54, 1.807) is 0 Å². The molecule has 0 bridgehead atoms. The minimum atomic E-state index is -0.268. The maximum absolute atomic E-state index is 5.81. The highest BCUT2D eigenvalue weighted by molar-refractivity contribution is 5.31. The molecule has 1 aromatic carbocycles. The first kappa shape index (κ1) is 15.8. The van der Waals surface area contributed by atoms with E-state index in [1.165, 1.54) is 0 Å². The molecule has 1 rings (SSSR count). The van der Waals surface area contributed by atoms with Gasteiger partial charge in [-0.15, -0.1) is 0 Å². The second kappa shape index (κ2) is 8.02. The third-order valence-electron chi connectivity index (χ3n) is 2.31. The van der Waals surface area contributed by atoms with Crippen LogP contribution in [-0.4, -0.2) is 32.0 Å². The van der Waals surface area contributed by atoms with Crippen molar-refractivity contribution in [3.05, 3.63) is 24.3 Å². The third kappa shape index (κ3) is 7.70. The first-order chi connectivity index (χ1) is 9.01. The summed E-state index contributed by atoms with van der Waals surface area (Å²) in [5, 5.41) is 0. The number of hydrogen-bond donors (Lipinski definition) is 1. The van der Waals surface area contributed by atoms with Crippen LogP contribution in [0.25, 0.3) is 0 Å². The first-order valence-corrected chi connectivity index (χ1v) is 6.73. The van der Waals surface area contributed by atoms with Crippen LogP contribution in [0.15, 0.2) is 24.3 Å². The van der Waals surface area contributed by atoms with Gasteiger partial charge in [-0.1, -0.05) is 0 Å². The molecule has 0 saturated carbocycles. The summed E-state index contributed by atoms with van der Waals surface area (Å²) >= 11 is 0. The molecular weight excluding hydrogens is 242 g/mol. The molecule has 0 spiro atoms. The predicted octanol–water partition coefficient (Wildman–Crippen LogP) is 2.61. The van der Waals surface area contributed by atoms with E-state index < -0.39 is 0 Å². The van der Waals surface area contributed by atoms with Crippen molar-refractivity contribution < 1.29 is 14.2 Å². The van der Waals surface area contributed by atoms with Gasteiger partial charge in [0.25, 0.3) is 0 Å². The molecule has 108 valence electrons. The smallest absolute Gasteiger partial charge is 0.119 e. The van der Waals surface area contributed by atoms with Crippen LogP contribution >= 0.6 is 0 Å². The van der Waals surface area contributed by atoms with Gasteiger partial charge < -0.3 is 19.9 Å². The van der Waals surface area contributed by atoms with E-state index in [4.69, 9.17) is 19.9 Å². The molecule has 0 aliphatic heterocycles. The van der Waals surface area contributed by atoms with E-state index in [0.29, 0.717) is 26.4 Å². The Kier molecular flexibility index (Phi) is 6.67. The molecule has 2 N–H and O–H groups in total. The van der Waals surface area contributed by atoms with E-state index in [1.807, 2.05) is 45.0 Å². The molecule has 0 amide bonds. The lowest BCUT2D eigenvalue weighted by Gasteiger charge is -2.18. The number of ether oxygens (including phenoxy) is 3. The van der Waals surface area contributed by atoms with Gasteiger partial charge in [0.15, 0.2) is 0 Å². The Balaban J connectivity index is 2.12. The van der Waals surface area contributed by atoms with Gasteiger partial charge in [-0.05, 0) is 45.0 Å². The Morgan fingerprint density at radius 1 is 1.00 bits per heavy atom. The summed E-state index contributed by atoms with van der Waals surface area (Å²) in [5.74, 6) is 1.71. The molecule has 0 heterocycles. The van der Waals surface area contributed by atoms with Crippen molar-refractivity contribution >= 4 is 0 Å². The van der Waals surface area contributed by atoms with Crippen molar-refractivity contribution in [3.63, 3.8) is 0 Å². The lowest BCUT2D eigenvalue weighted by atomic mass is 10.1. The number of benzene rings is 1. The first-order valence-electron chi connectivity index (χ1n) is 6.73. The zero-order valence-corrected chi connectivity index (χ0v) is 12.1. The van der Waals surface area contributed by atoms with E-state index in [0.717, 1.165) is 17.9 Å². The molecule has 0 unspecified atom stereocenters. The molecule has 19 heavy (non-hydrogen) atoms. The normalized spacial score (nSPS) is 11.4. The summed E-state index contributed by atoms with van der Waals surface area (Å²) in [4.78, 5) is 0. The zero-order valence-electron chi connectivity index (χ0n) is 12.1. The Morgan fingerprint density at radius 2 is 1.58 bits per heavy atom. The van der Waals surface area contributed by atoms with Crippen LogP contribution in [0.2, 0.25) is 0 Å². The van der Waals surface area contributed by atoms with Gasteiger partial charge >= 0.3 is 0 Å². The summed E-state index contributed by atoms with van der Waals surface area (Å²) < 4.78 is 16.4. The summed E-state index contributed by atoms with van der Waals surface area (Å²) in [6.07, 6.45) is 0.850. The van der Waals surface area contributed by atoms with E-state index in [9.17, 15) is 0 Å². The van der Waals surface area contributed by atoms with Gasteiger partial charge in [0.1, 0.15) is 11.5 Å². The monoisotopic (exact) mass is 267 g/mol. The highest BCUT2D eigenvalue weighted by atomic mass is 16.5. The van der Waals surface area contributed by atoms with Crippen LogP contribution < -0.4 is 15.2 Å². The molecule has 0 fully saturated rings. The average molecular weight is 267 g/mol. The molecule has 4 nitrogen and oxygen atoms in total. The Bertz CT molecular complexity index is 343. The largest absolute Gasteiger partial charge is 0.494 e. The molecular formula is C15H25NO3. The number of rotatable bonds is 9. The van der Waals surface area contributed by atoms with Gasteiger partial charge in [0.2, 0.25) is 0 Å². The fraction of sp³-hybridized carbons (Fsp3) is 0.600. The Labute approximate surface area is 115 Å². The second-order valence-electron chi connectivity index (χ2n) is 5.15. The van der Waals surface area contributed by atoms with Crippen molar-refractivity contribution in [2.75, 3.05) is 26.4 Å². The maximum Gasteiger partial charge on any atom is 0.119 e. The molecule has 0 aliphatic carbocycles. The van der Waals surface area contributed by atoms with E-state index in [2.05, 4.69) is 0 Å². The second-order valence-corrected chi connectivity index (χ2v) is 5.15. The van der Waals surface area contributed by atoms with Crippen LogP contribution in [0.1, 0.15) is 27.2 Å². The molecule has 0 aromatic heterocycles. The van der Waals surface area contributed by atoms with Crippen molar-refractivity contribution in [1.29, 1.82) is 0 Å². The molecule has 0 aliphatic rings. The minimum Gasteiger partial charge on any atom is -0.494 e. The van der Waals surface area contributed by atoms with E-state index >= 15 is 0 Å². The predicted molar refractivity (Wildman–Crippen MR) is 76.8 cm³/mol. The Hall–Kier alpha value is -1.26. The SMILES string of the molecule is CCOc1ccc(OCCCOCC(C)(C)N)cc1. The van der Waals surface area contributed by atoms with Crippen molar-refractivity contribution in [3.8, 4) is 11.5 Å². The highest BCUT2D eigenvalue weighted by Crippen LogP contribution is 2.17. The quantitative estimate of drug-likeness (QED) is 0.699. The van der Waals surface area contributed by atoms with Crippen molar-refractivity contribution in [2.24, 2.45) is 5.73 Å². The van der Waals surface area contributed by atoms with Crippen LogP contribution in [0.4, 0.5) is 0 Å². The highest BCUT2D eigenvalue weighted by Gasteiger charge is 2.09. The van der Waals surface area contributed by atoms with Gasteiger partial charge in [-0.25, -0.2) is 0 Å². The molecule has 0 atom stereocenters. The maximum atomic E-state index is 5.81. The minimum absolute atomic E-state index is 0.268. The fourth-order valence-electron chi connectivity index (χ4n) is 1.48. The molecule has 1 aromatic rings. The van der Waals surface area contributed by atoms with Crippen molar-refractivity contribution in [1.82, 2.24) is 0 Å². The fourth-order valence-corrected chi connectivity index (χ4v) is 1.48. The van der Waals surface area contributed by atoms with Gasteiger partial charge in [0, 0.05) is 18.6 Å². The van der Waals surface area contributed by atoms with Crippen molar-refractivity contribution in [2.45, 2.75) is 32.7 Å². The topological polar surface area (TPSA) is 53.7 Å². The lowest BCUT2D eigenvalue weighted by Crippen LogP contribution is -2.37. The zero-order chi connectivity index (χ0) is 14.1. The van der Waals surface area contributed by atoms with Crippen LogP contribution in [0.3, 0.4) is 0 Å². The summed E-state index contributed by atoms with van der Waals surface area (Å²) in [6, 6.07) is 7.64. The van der Waals surface area contributed by atoms with Gasteiger partial charge in [-0.2, -0.15) is 0 Å². The molecule has 0 saturated heterocycles.